The lowest BCUT2D eigenvalue weighted by Crippen LogP contribution is -2.61. The zero-order valence-corrected chi connectivity index (χ0v) is 11.7. The molecule has 4 nitrogen and oxygen atoms in total. The number of hydrogen-bond donors (Lipinski definition) is 2. The summed E-state index contributed by atoms with van der Waals surface area (Å²) in [5.74, 6) is -0.590. The average molecular weight is 273 g/mol. The van der Waals surface area contributed by atoms with Crippen LogP contribution in [0.2, 0.25) is 0 Å². The summed E-state index contributed by atoms with van der Waals surface area (Å²) < 4.78 is 0. The summed E-state index contributed by atoms with van der Waals surface area (Å²) >= 11 is 0. The number of nitrogens with zero attached hydrogens (tertiary/aromatic N) is 1. The molecule has 0 aromatic carbocycles. The summed E-state index contributed by atoms with van der Waals surface area (Å²) in [7, 11) is 0. The summed E-state index contributed by atoms with van der Waals surface area (Å²) in [5.41, 5.74) is -0.720. The third kappa shape index (κ3) is 3.48. The first-order chi connectivity index (χ1) is 6.49. The quantitative estimate of drug-likeness (QED) is 0.812. The Kier molecular flexibility index (Phi) is 8.40. The maximum Gasteiger partial charge on any atom is 0.324 e. The average Bonchev–Trinajstić information content (AvgIpc) is 2.17. The van der Waals surface area contributed by atoms with Gasteiger partial charge >= 0.3 is 5.97 Å². The van der Waals surface area contributed by atoms with Gasteiger partial charge in [0.25, 0.3) is 0 Å². The van der Waals surface area contributed by atoms with Crippen molar-refractivity contribution in [2.24, 2.45) is 5.92 Å². The maximum absolute atomic E-state index is 11.3. The Hall–Kier alpha value is -0.0300. The van der Waals surface area contributed by atoms with Gasteiger partial charge in [0.2, 0.25) is 0 Å². The molecule has 2 N–H and O–H groups in total. The minimum Gasteiger partial charge on any atom is -0.480 e. The third-order valence-corrected chi connectivity index (χ3v) is 3.33. The van der Waals surface area contributed by atoms with Crippen molar-refractivity contribution >= 4 is 30.8 Å². The smallest absolute Gasteiger partial charge is 0.324 e. The summed E-state index contributed by atoms with van der Waals surface area (Å²) in [6.45, 7) is 9.17. The molecule has 0 aromatic heterocycles. The Labute approximate surface area is 110 Å². The van der Waals surface area contributed by atoms with Gasteiger partial charge in [0.1, 0.15) is 5.54 Å². The number of carboxylic acid groups (broad SMARTS) is 1. The minimum absolute atomic E-state index is 0. The van der Waals surface area contributed by atoms with Crippen LogP contribution in [0.15, 0.2) is 0 Å². The molecule has 1 fully saturated rings. The lowest BCUT2D eigenvalue weighted by atomic mass is 9.86. The number of carbonyl (C=O) groups is 1. The van der Waals surface area contributed by atoms with Crippen LogP contribution >= 0.6 is 24.8 Å². The predicted molar refractivity (Wildman–Crippen MR) is 69.8 cm³/mol. The van der Waals surface area contributed by atoms with Gasteiger partial charge in [-0.1, -0.05) is 13.8 Å². The number of hydrogen-bond acceptors (Lipinski definition) is 3. The van der Waals surface area contributed by atoms with Crippen LogP contribution in [-0.2, 0) is 4.79 Å². The van der Waals surface area contributed by atoms with Crippen molar-refractivity contribution in [1.82, 2.24) is 10.2 Å². The molecule has 1 rings (SSSR count). The van der Waals surface area contributed by atoms with Crippen LogP contribution in [0.3, 0.4) is 0 Å². The van der Waals surface area contributed by atoms with Crippen LogP contribution < -0.4 is 5.32 Å². The molecule has 0 spiro atoms. The number of carboxylic acids is 1. The highest BCUT2D eigenvalue weighted by Gasteiger charge is 2.42. The van der Waals surface area contributed by atoms with Crippen molar-refractivity contribution in [3.05, 3.63) is 0 Å². The molecule has 0 aromatic rings. The van der Waals surface area contributed by atoms with E-state index in [0.29, 0.717) is 0 Å². The number of piperazine rings is 1. The van der Waals surface area contributed by atoms with E-state index in [4.69, 9.17) is 0 Å². The summed E-state index contributed by atoms with van der Waals surface area (Å²) in [4.78, 5) is 13.4. The topological polar surface area (TPSA) is 52.6 Å². The standard InChI is InChI=1S/C10H20N2O2.2ClH/c1-8(2)10(3,9(13)14)12-6-4-11-5-7-12;;/h8,11H,4-7H2,1-3H3,(H,13,14);2*1H. The zero-order chi connectivity index (χ0) is 10.8. The van der Waals surface area contributed by atoms with Crippen LogP contribution in [0.1, 0.15) is 20.8 Å². The maximum atomic E-state index is 11.3. The first-order valence-electron chi connectivity index (χ1n) is 5.18. The van der Waals surface area contributed by atoms with Gasteiger partial charge in [-0.25, -0.2) is 0 Å². The lowest BCUT2D eigenvalue weighted by Gasteiger charge is -2.43. The number of aliphatic carboxylic acids is 1. The van der Waals surface area contributed by atoms with E-state index in [9.17, 15) is 9.90 Å². The molecule has 1 aliphatic rings. The van der Waals surface area contributed by atoms with Crippen molar-refractivity contribution in [1.29, 1.82) is 0 Å². The molecular formula is C10H22Cl2N2O2. The van der Waals surface area contributed by atoms with Crippen LogP contribution in [0, 0.1) is 5.92 Å². The van der Waals surface area contributed by atoms with Crippen molar-refractivity contribution in [2.75, 3.05) is 26.2 Å². The molecule has 98 valence electrons. The van der Waals surface area contributed by atoms with Gasteiger partial charge in [-0.15, -0.1) is 24.8 Å². The predicted octanol–water partition coefficient (Wildman–Crippen LogP) is 1.23. The number of nitrogens with one attached hydrogen (secondary N) is 1. The van der Waals surface area contributed by atoms with Gasteiger partial charge in [0.15, 0.2) is 0 Å². The molecule has 6 heteroatoms. The van der Waals surface area contributed by atoms with E-state index in [0.717, 1.165) is 26.2 Å². The highest BCUT2D eigenvalue weighted by molar-refractivity contribution is 5.85. The van der Waals surface area contributed by atoms with Gasteiger partial charge < -0.3 is 10.4 Å². The number of rotatable bonds is 3. The molecule has 1 heterocycles. The van der Waals surface area contributed by atoms with E-state index in [2.05, 4.69) is 10.2 Å². The second-order valence-electron chi connectivity index (χ2n) is 4.34. The first kappa shape index (κ1) is 18.3. The van der Waals surface area contributed by atoms with Gasteiger partial charge in [0.05, 0.1) is 0 Å². The van der Waals surface area contributed by atoms with Crippen molar-refractivity contribution in [2.45, 2.75) is 26.3 Å². The van der Waals surface area contributed by atoms with E-state index in [1.807, 2.05) is 20.8 Å². The Bertz CT molecular complexity index is 221. The summed E-state index contributed by atoms with van der Waals surface area (Å²) in [6, 6.07) is 0. The third-order valence-electron chi connectivity index (χ3n) is 3.33. The molecule has 16 heavy (non-hydrogen) atoms. The fourth-order valence-electron chi connectivity index (χ4n) is 1.88. The fraction of sp³-hybridized carbons (Fsp3) is 0.900. The Balaban J connectivity index is 0. The van der Waals surface area contributed by atoms with Gasteiger partial charge in [-0.05, 0) is 12.8 Å². The second kappa shape index (κ2) is 7.33. The van der Waals surface area contributed by atoms with Crippen LogP contribution in [0.25, 0.3) is 0 Å². The zero-order valence-electron chi connectivity index (χ0n) is 10.0. The molecular weight excluding hydrogens is 251 g/mol. The van der Waals surface area contributed by atoms with Crippen LogP contribution in [-0.4, -0.2) is 47.7 Å². The van der Waals surface area contributed by atoms with Gasteiger partial charge in [0, 0.05) is 26.2 Å². The molecule has 1 saturated heterocycles. The molecule has 0 radical (unpaired) electrons. The van der Waals surface area contributed by atoms with Crippen molar-refractivity contribution in [3.63, 3.8) is 0 Å². The lowest BCUT2D eigenvalue weighted by molar-refractivity contribution is -0.154. The normalized spacial score (nSPS) is 20.5. The van der Waals surface area contributed by atoms with E-state index in [-0.39, 0.29) is 30.7 Å². The SMILES string of the molecule is CC(C)C(C)(C(=O)O)N1CCNCC1.Cl.Cl. The van der Waals surface area contributed by atoms with Crippen molar-refractivity contribution < 1.29 is 9.90 Å². The second-order valence-corrected chi connectivity index (χ2v) is 4.34. The molecule has 0 saturated carbocycles. The first-order valence-corrected chi connectivity index (χ1v) is 5.18. The molecule has 1 unspecified atom stereocenters. The molecule has 0 aliphatic carbocycles. The van der Waals surface area contributed by atoms with Crippen LogP contribution in [0.5, 0.6) is 0 Å². The number of halogens is 2. The van der Waals surface area contributed by atoms with E-state index < -0.39 is 11.5 Å². The molecule has 1 aliphatic heterocycles. The fourth-order valence-corrected chi connectivity index (χ4v) is 1.88. The monoisotopic (exact) mass is 272 g/mol. The Morgan fingerprint density at radius 3 is 2.06 bits per heavy atom. The molecule has 1 atom stereocenters. The summed E-state index contributed by atoms with van der Waals surface area (Å²) in [5, 5.41) is 12.5. The summed E-state index contributed by atoms with van der Waals surface area (Å²) in [6.07, 6.45) is 0. The van der Waals surface area contributed by atoms with Gasteiger partial charge in [-0.3, -0.25) is 9.69 Å². The van der Waals surface area contributed by atoms with Crippen molar-refractivity contribution in [3.8, 4) is 0 Å². The highest BCUT2D eigenvalue weighted by Crippen LogP contribution is 2.25. The van der Waals surface area contributed by atoms with E-state index in [1.54, 1.807) is 0 Å². The minimum atomic E-state index is -0.720. The van der Waals surface area contributed by atoms with E-state index in [1.165, 1.54) is 0 Å². The van der Waals surface area contributed by atoms with E-state index >= 15 is 0 Å². The van der Waals surface area contributed by atoms with Gasteiger partial charge in [-0.2, -0.15) is 0 Å². The van der Waals surface area contributed by atoms with Crippen LogP contribution in [0.4, 0.5) is 0 Å². The molecule has 0 bridgehead atoms. The Morgan fingerprint density at radius 2 is 1.75 bits per heavy atom. The Morgan fingerprint density at radius 1 is 1.31 bits per heavy atom. The highest BCUT2D eigenvalue weighted by atomic mass is 35.5. The largest absolute Gasteiger partial charge is 0.480 e. The molecule has 0 amide bonds.